The maximum absolute atomic E-state index is 12.5. The van der Waals surface area contributed by atoms with Crippen LogP contribution in [0.15, 0.2) is 63.6 Å². The summed E-state index contributed by atoms with van der Waals surface area (Å²) in [6, 6.07) is 16.3. The fraction of sp³-hybridized carbons (Fsp3) is 0.217. The van der Waals surface area contributed by atoms with Crippen LogP contribution in [-0.4, -0.2) is 21.2 Å². The van der Waals surface area contributed by atoms with Gasteiger partial charge >= 0.3 is 0 Å². The third-order valence-corrected chi connectivity index (χ3v) is 4.84. The van der Waals surface area contributed by atoms with Crippen LogP contribution < -0.4 is 10.1 Å². The number of hydrogen-bond donors (Lipinski definition) is 1. The van der Waals surface area contributed by atoms with Crippen molar-refractivity contribution in [3.63, 3.8) is 0 Å². The Hall–Kier alpha value is -3.94. The second kappa shape index (κ2) is 8.83. The standard InChI is InChI=1S/C23H22N4O4/c1-14-9-10-18(11-15(14)2)29-13-19-12-20(26-30-19)22(28)24-16(3)23-25-21(27-31-23)17-7-5-4-6-8-17/h4-12,16H,13H2,1-3H3,(H,24,28)/t16-/m0/s1. The van der Waals surface area contributed by atoms with Gasteiger partial charge in [0, 0.05) is 11.6 Å². The van der Waals surface area contributed by atoms with E-state index in [1.54, 1.807) is 13.0 Å². The summed E-state index contributed by atoms with van der Waals surface area (Å²) < 4.78 is 16.2. The molecular formula is C23H22N4O4. The first kappa shape index (κ1) is 20.3. The minimum absolute atomic E-state index is 0.147. The summed E-state index contributed by atoms with van der Waals surface area (Å²) >= 11 is 0. The molecule has 0 saturated heterocycles. The number of carbonyl (C=O) groups is 1. The van der Waals surface area contributed by atoms with Gasteiger partial charge in [0.05, 0.1) is 0 Å². The van der Waals surface area contributed by atoms with E-state index >= 15 is 0 Å². The monoisotopic (exact) mass is 418 g/mol. The van der Waals surface area contributed by atoms with E-state index in [2.05, 4.69) is 20.6 Å². The van der Waals surface area contributed by atoms with Crippen LogP contribution in [0.25, 0.3) is 11.4 Å². The van der Waals surface area contributed by atoms with Gasteiger partial charge in [-0.2, -0.15) is 4.98 Å². The average molecular weight is 418 g/mol. The van der Waals surface area contributed by atoms with Crippen molar-refractivity contribution in [2.45, 2.75) is 33.4 Å². The molecule has 1 atom stereocenters. The van der Waals surface area contributed by atoms with Crippen molar-refractivity contribution in [2.24, 2.45) is 0 Å². The van der Waals surface area contributed by atoms with Gasteiger partial charge < -0.3 is 19.1 Å². The molecule has 0 unspecified atom stereocenters. The smallest absolute Gasteiger partial charge is 0.274 e. The van der Waals surface area contributed by atoms with Crippen LogP contribution >= 0.6 is 0 Å². The predicted octanol–water partition coefficient (Wildman–Crippen LogP) is 4.41. The number of aromatic nitrogens is 3. The molecule has 8 nitrogen and oxygen atoms in total. The van der Waals surface area contributed by atoms with Gasteiger partial charge in [0.2, 0.25) is 11.7 Å². The SMILES string of the molecule is Cc1ccc(OCc2cc(C(=O)N[C@@H](C)c3nc(-c4ccccc4)no3)no2)cc1C. The summed E-state index contributed by atoms with van der Waals surface area (Å²) in [7, 11) is 0. The van der Waals surface area contributed by atoms with E-state index in [4.69, 9.17) is 13.8 Å². The molecule has 2 aromatic carbocycles. The number of amides is 1. The lowest BCUT2D eigenvalue weighted by Gasteiger charge is -2.07. The Labute approximate surface area is 179 Å². The minimum Gasteiger partial charge on any atom is -0.486 e. The van der Waals surface area contributed by atoms with E-state index in [0.29, 0.717) is 17.5 Å². The molecule has 0 fully saturated rings. The maximum atomic E-state index is 12.5. The van der Waals surface area contributed by atoms with Crippen LogP contribution in [-0.2, 0) is 6.61 Å². The fourth-order valence-corrected chi connectivity index (χ4v) is 2.89. The Bertz CT molecular complexity index is 1180. The topological polar surface area (TPSA) is 103 Å². The number of aryl methyl sites for hydroxylation is 2. The molecule has 1 amide bonds. The lowest BCUT2D eigenvalue weighted by molar-refractivity contribution is 0.0923. The van der Waals surface area contributed by atoms with E-state index in [1.807, 2.05) is 62.4 Å². The summed E-state index contributed by atoms with van der Waals surface area (Å²) in [4.78, 5) is 16.9. The largest absolute Gasteiger partial charge is 0.486 e. The Kier molecular flexibility index (Phi) is 5.79. The highest BCUT2D eigenvalue weighted by molar-refractivity contribution is 5.92. The Morgan fingerprint density at radius 2 is 1.84 bits per heavy atom. The Morgan fingerprint density at radius 1 is 1.03 bits per heavy atom. The quantitative estimate of drug-likeness (QED) is 0.474. The molecule has 8 heteroatoms. The molecule has 0 spiro atoms. The minimum atomic E-state index is -0.496. The van der Waals surface area contributed by atoms with Gasteiger partial charge in [-0.1, -0.05) is 46.7 Å². The first-order valence-corrected chi connectivity index (χ1v) is 9.85. The molecule has 0 saturated carbocycles. The lowest BCUT2D eigenvalue weighted by Crippen LogP contribution is -2.27. The molecule has 4 rings (SSSR count). The second-order valence-electron chi connectivity index (χ2n) is 7.23. The molecule has 2 heterocycles. The number of benzene rings is 2. The van der Waals surface area contributed by atoms with E-state index in [9.17, 15) is 4.79 Å². The molecule has 31 heavy (non-hydrogen) atoms. The van der Waals surface area contributed by atoms with Crippen LogP contribution in [0.1, 0.15) is 46.2 Å². The van der Waals surface area contributed by atoms with Gasteiger partial charge in [0.1, 0.15) is 18.4 Å². The van der Waals surface area contributed by atoms with Gasteiger partial charge in [-0.15, -0.1) is 0 Å². The molecule has 0 bridgehead atoms. The van der Waals surface area contributed by atoms with Gasteiger partial charge in [-0.3, -0.25) is 4.79 Å². The molecule has 0 radical (unpaired) electrons. The summed E-state index contributed by atoms with van der Waals surface area (Å²) in [6.07, 6.45) is 0. The van der Waals surface area contributed by atoms with E-state index in [1.165, 1.54) is 5.56 Å². The maximum Gasteiger partial charge on any atom is 0.274 e. The van der Waals surface area contributed by atoms with Crippen molar-refractivity contribution in [2.75, 3.05) is 0 Å². The molecule has 0 aliphatic heterocycles. The molecular weight excluding hydrogens is 396 g/mol. The van der Waals surface area contributed by atoms with Crippen LogP contribution in [0.4, 0.5) is 0 Å². The van der Waals surface area contributed by atoms with Gasteiger partial charge in [-0.05, 0) is 44.0 Å². The van der Waals surface area contributed by atoms with Crippen molar-refractivity contribution in [1.29, 1.82) is 0 Å². The van der Waals surface area contributed by atoms with E-state index < -0.39 is 11.9 Å². The Morgan fingerprint density at radius 3 is 2.61 bits per heavy atom. The fourth-order valence-electron chi connectivity index (χ4n) is 2.89. The first-order valence-electron chi connectivity index (χ1n) is 9.85. The number of carbonyl (C=O) groups excluding carboxylic acids is 1. The zero-order valence-corrected chi connectivity index (χ0v) is 17.5. The number of rotatable bonds is 7. The zero-order chi connectivity index (χ0) is 21.8. The number of nitrogens with one attached hydrogen (secondary N) is 1. The first-order chi connectivity index (χ1) is 15.0. The molecule has 158 valence electrons. The molecule has 0 aliphatic rings. The summed E-state index contributed by atoms with van der Waals surface area (Å²) in [5.74, 6) is 1.52. The van der Waals surface area contributed by atoms with Crippen LogP contribution in [0.5, 0.6) is 5.75 Å². The zero-order valence-electron chi connectivity index (χ0n) is 17.5. The van der Waals surface area contributed by atoms with Crippen molar-refractivity contribution in [3.05, 3.63) is 83.1 Å². The number of nitrogens with zero attached hydrogens (tertiary/aromatic N) is 3. The highest BCUT2D eigenvalue weighted by Gasteiger charge is 2.20. The lowest BCUT2D eigenvalue weighted by atomic mass is 10.1. The predicted molar refractivity (Wildman–Crippen MR) is 112 cm³/mol. The summed E-state index contributed by atoms with van der Waals surface area (Å²) in [5.41, 5.74) is 3.31. The van der Waals surface area contributed by atoms with Gasteiger partial charge in [-0.25, -0.2) is 0 Å². The number of ether oxygens (including phenoxy) is 1. The molecule has 0 aliphatic carbocycles. The molecule has 2 aromatic heterocycles. The van der Waals surface area contributed by atoms with Crippen molar-refractivity contribution in [1.82, 2.24) is 20.6 Å². The normalized spacial score (nSPS) is 11.8. The van der Waals surface area contributed by atoms with Gasteiger partial charge in [0.25, 0.3) is 5.91 Å². The summed E-state index contributed by atoms with van der Waals surface area (Å²) in [5, 5.41) is 10.6. The molecule has 1 N–H and O–H groups in total. The van der Waals surface area contributed by atoms with Crippen molar-refractivity contribution in [3.8, 4) is 17.1 Å². The third-order valence-electron chi connectivity index (χ3n) is 4.84. The van der Waals surface area contributed by atoms with Crippen LogP contribution in [0, 0.1) is 13.8 Å². The van der Waals surface area contributed by atoms with Crippen LogP contribution in [0.2, 0.25) is 0 Å². The third kappa shape index (κ3) is 4.80. The van der Waals surface area contributed by atoms with E-state index in [0.717, 1.165) is 16.9 Å². The van der Waals surface area contributed by atoms with Crippen molar-refractivity contribution < 1.29 is 18.6 Å². The van der Waals surface area contributed by atoms with E-state index in [-0.39, 0.29) is 12.3 Å². The summed E-state index contributed by atoms with van der Waals surface area (Å²) in [6.45, 7) is 5.98. The highest BCUT2D eigenvalue weighted by atomic mass is 16.5. The second-order valence-corrected chi connectivity index (χ2v) is 7.23. The van der Waals surface area contributed by atoms with Crippen LogP contribution in [0.3, 0.4) is 0 Å². The Balaban J connectivity index is 1.35. The highest BCUT2D eigenvalue weighted by Crippen LogP contribution is 2.20. The average Bonchev–Trinajstić information content (AvgIpc) is 3.45. The van der Waals surface area contributed by atoms with Crippen molar-refractivity contribution >= 4 is 5.91 Å². The van der Waals surface area contributed by atoms with Gasteiger partial charge in [0.15, 0.2) is 11.5 Å². The molecule has 4 aromatic rings. The number of hydrogen-bond acceptors (Lipinski definition) is 7.